The van der Waals surface area contributed by atoms with Gasteiger partial charge in [0.15, 0.2) is 0 Å². The van der Waals surface area contributed by atoms with Crippen molar-refractivity contribution in [1.29, 1.82) is 0 Å². The SMILES string of the molecule is C=CCN(C/C=C/COC(=O)OC)C(=O)c1cc2ccccc2[nH]1. The van der Waals surface area contributed by atoms with E-state index in [1.165, 1.54) is 7.11 Å². The van der Waals surface area contributed by atoms with Gasteiger partial charge in [0.25, 0.3) is 5.91 Å². The summed E-state index contributed by atoms with van der Waals surface area (Å²) in [5, 5.41) is 0.987. The first-order chi connectivity index (χ1) is 11.7. The number of aromatic amines is 1. The van der Waals surface area contributed by atoms with Gasteiger partial charge in [-0.15, -0.1) is 6.58 Å². The molecule has 0 radical (unpaired) electrons. The van der Waals surface area contributed by atoms with Crippen LogP contribution in [0.5, 0.6) is 0 Å². The summed E-state index contributed by atoms with van der Waals surface area (Å²) in [6.07, 6.45) is 4.34. The highest BCUT2D eigenvalue weighted by molar-refractivity contribution is 5.98. The molecule has 1 aromatic carbocycles. The van der Waals surface area contributed by atoms with Gasteiger partial charge in [0, 0.05) is 24.0 Å². The number of methoxy groups -OCH3 is 1. The van der Waals surface area contributed by atoms with Crippen LogP contribution in [0.2, 0.25) is 0 Å². The van der Waals surface area contributed by atoms with E-state index in [0.717, 1.165) is 10.9 Å². The summed E-state index contributed by atoms with van der Waals surface area (Å²) >= 11 is 0. The Bertz CT molecular complexity index is 715. The molecule has 2 rings (SSSR count). The van der Waals surface area contributed by atoms with Crippen LogP contribution in [0.1, 0.15) is 10.5 Å². The Morgan fingerprint density at radius 2 is 2.04 bits per heavy atom. The van der Waals surface area contributed by atoms with Crippen LogP contribution in [0.3, 0.4) is 0 Å². The number of benzene rings is 1. The highest BCUT2D eigenvalue weighted by atomic mass is 16.7. The van der Waals surface area contributed by atoms with Crippen molar-refractivity contribution >= 4 is 23.0 Å². The summed E-state index contributed by atoms with van der Waals surface area (Å²) < 4.78 is 9.10. The van der Waals surface area contributed by atoms with Crippen molar-refractivity contribution in [2.24, 2.45) is 0 Å². The molecule has 0 aliphatic rings. The predicted octanol–water partition coefficient (Wildman–Crippen LogP) is 3.14. The molecule has 0 fully saturated rings. The fourth-order valence-electron chi connectivity index (χ4n) is 2.20. The molecule has 0 aliphatic carbocycles. The molecule has 126 valence electrons. The predicted molar refractivity (Wildman–Crippen MR) is 91.9 cm³/mol. The quantitative estimate of drug-likeness (QED) is 0.626. The zero-order chi connectivity index (χ0) is 17.4. The molecule has 1 aromatic heterocycles. The Balaban J connectivity index is 2.00. The van der Waals surface area contributed by atoms with Crippen molar-refractivity contribution in [3.63, 3.8) is 0 Å². The summed E-state index contributed by atoms with van der Waals surface area (Å²) in [5.41, 5.74) is 1.44. The van der Waals surface area contributed by atoms with Crippen LogP contribution >= 0.6 is 0 Å². The molecule has 0 bridgehead atoms. The van der Waals surface area contributed by atoms with Crippen molar-refractivity contribution < 1.29 is 19.1 Å². The summed E-state index contributed by atoms with van der Waals surface area (Å²) in [7, 11) is 1.25. The van der Waals surface area contributed by atoms with E-state index in [-0.39, 0.29) is 12.5 Å². The zero-order valence-electron chi connectivity index (χ0n) is 13.5. The van der Waals surface area contributed by atoms with Gasteiger partial charge in [-0.2, -0.15) is 0 Å². The average Bonchev–Trinajstić information content (AvgIpc) is 3.03. The smallest absolute Gasteiger partial charge is 0.438 e. The van der Waals surface area contributed by atoms with Crippen LogP contribution in [0.4, 0.5) is 4.79 Å². The van der Waals surface area contributed by atoms with E-state index in [1.54, 1.807) is 23.1 Å². The second kappa shape index (κ2) is 8.57. The zero-order valence-corrected chi connectivity index (χ0v) is 13.5. The van der Waals surface area contributed by atoms with Gasteiger partial charge < -0.3 is 19.4 Å². The first-order valence-electron chi connectivity index (χ1n) is 7.49. The van der Waals surface area contributed by atoms with Gasteiger partial charge in [-0.25, -0.2) is 4.79 Å². The highest BCUT2D eigenvalue weighted by Gasteiger charge is 2.15. The van der Waals surface area contributed by atoms with E-state index in [9.17, 15) is 9.59 Å². The van der Waals surface area contributed by atoms with E-state index in [2.05, 4.69) is 16.3 Å². The number of rotatable bonds is 7. The Morgan fingerprint density at radius 1 is 1.25 bits per heavy atom. The highest BCUT2D eigenvalue weighted by Crippen LogP contribution is 2.16. The van der Waals surface area contributed by atoms with Crippen molar-refractivity contribution in [3.8, 4) is 0 Å². The molecule has 6 heteroatoms. The van der Waals surface area contributed by atoms with Crippen LogP contribution in [0.25, 0.3) is 10.9 Å². The molecule has 1 heterocycles. The number of hydrogen-bond donors (Lipinski definition) is 1. The van der Waals surface area contributed by atoms with E-state index in [4.69, 9.17) is 4.74 Å². The lowest BCUT2D eigenvalue weighted by Crippen LogP contribution is -2.31. The van der Waals surface area contributed by atoms with Gasteiger partial charge in [0.1, 0.15) is 12.3 Å². The third-order valence-electron chi connectivity index (χ3n) is 3.35. The molecule has 24 heavy (non-hydrogen) atoms. The van der Waals surface area contributed by atoms with Gasteiger partial charge >= 0.3 is 6.16 Å². The Morgan fingerprint density at radius 3 is 2.75 bits per heavy atom. The monoisotopic (exact) mass is 328 g/mol. The maximum Gasteiger partial charge on any atom is 0.508 e. The van der Waals surface area contributed by atoms with Gasteiger partial charge in [0.05, 0.1) is 7.11 Å². The molecule has 0 atom stereocenters. The van der Waals surface area contributed by atoms with E-state index in [1.807, 2.05) is 30.3 Å². The number of aromatic nitrogens is 1. The van der Waals surface area contributed by atoms with Crippen molar-refractivity contribution in [2.75, 3.05) is 26.8 Å². The summed E-state index contributed by atoms with van der Waals surface area (Å²) in [6.45, 7) is 4.57. The standard InChI is InChI=1S/C18H20N2O4/c1-3-10-20(11-6-7-12-24-18(22)23-2)17(21)16-13-14-8-4-5-9-15(14)19-16/h3-9,13,19H,1,10-12H2,2H3/b7-6+. The second-order valence-electron chi connectivity index (χ2n) is 5.01. The molecule has 0 spiro atoms. The van der Waals surface area contributed by atoms with Gasteiger partial charge in [0.2, 0.25) is 0 Å². The molecular weight excluding hydrogens is 308 g/mol. The number of H-pyrrole nitrogens is 1. The van der Waals surface area contributed by atoms with Crippen LogP contribution in [0, 0.1) is 0 Å². The number of fused-ring (bicyclic) bond motifs is 1. The Hall–Kier alpha value is -3.02. The molecular formula is C18H20N2O4. The molecule has 0 saturated carbocycles. The third-order valence-corrected chi connectivity index (χ3v) is 3.35. The number of amides is 1. The van der Waals surface area contributed by atoms with Crippen LogP contribution in [0.15, 0.2) is 55.1 Å². The molecule has 6 nitrogen and oxygen atoms in total. The van der Waals surface area contributed by atoms with E-state index >= 15 is 0 Å². The summed E-state index contributed by atoms with van der Waals surface area (Å²) in [4.78, 5) is 28.2. The van der Waals surface area contributed by atoms with Crippen LogP contribution in [-0.2, 0) is 9.47 Å². The van der Waals surface area contributed by atoms with Crippen LogP contribution in [-0.4, -0.2) is 48.8 Å². The second-order valence-corrected chi connectivity index (χ2v) is 5.01. The number of carbonyl (C=O) groups excluding carboxylic acids is 2. The minimum absolute atomic E-state index is 0.0924. The van der Waals surface area contributed by atoms with E-state index < -0.39 is 6.16 Å². The van der Waals surface area contributed by atoms with Gasteiger partial charge in [-0.3, -0.25) is 4.79 Å². The average molecular weight is 328 g/mol. The fraction of sp³-hybridized carbons (Fsp3) is 0.222. The molecule has 0 saturated heterocycles. The first-order valence-corrected chi connectivity index (χ1v) is 7.49. The third kappa shape index (κ3) is 4.49. The number of ether oxygens (including phenoxy) is 2. The summed E-state index contributed by atoms with van der Waals surface area (Å²) in [6, 6.07) is 9.55. The lowest BCUT2D eigenvalue weighted by Gasteiger charge is -2.18. The Labute approximate surface area is 140 Å². The molecule has 0 aliphatic heterocycles. The molecule has 1 amide bonds. The lowest BCUT2D eigenvalue weighted by atomic mass is 10.2. The van der Waals surface area contributed by atoms with E-state index in [0.29, 0.717) is 18.8 Å². The van der Waals surface area contributed by atoms with Gasteiger partial charge in [-0.05, 0) is 18.2 Å². The summed E-state index contributed by atoms with van der Waals surface area (Å²) in [5.74, 6) is -0.121. The maximum atomic E-state index is 12.6. The Kier molecular flexibility index (Phi) is 6.19. The molecule has 2 aromatic rings. The largest absolute Gasteiger partial charge is 0.508 e. The number of para-hydroxylation sites is 1. The van der Waals surface area contributed by atoms with Crippen molar-refractivity contribution in [1.82, 2.24) is 9.88 Å². The minimum atomic E-state index is -0.739. The minimum Gasteiger partial charge on any atom is -0.438 e. The number of nitrogens with one attached hydrogen (secondary N) is 1. The van der Waals surface area contributed by atoms with Gasteiger partial charge in [-0.1, -0.05) is 30.4 Å². The number of nitrogens with zero attached hydrogens (tertiary/aromatic N) is 1. The topological polar surface area (TPSA) is 71.6 Å². The number of carbonyl (C=O) groups is 2. The fourth-order valence-corrected chi connectivity index (χ4v) is 2.20. The molecule has 0 unspecified atom stereocenters. The normalized spacial score (nSPS) is 10.7. The lowest BCUT2D eigenvalue weighted by molar-refractivity contribution is 0.0776. The van der Waals surface area contributed by atoms with Crippen molar-refractivity contribution in [2.45, 2.75) is 0 Å². The maximum absolute atomic E-state index is 12.6. The van der Waals surface area contributed by atoms with Crippen molar-refractivity contribution in [3.05, 3.63) is 60.8 Å². The molecule has 1 N–H and O–H groups in total. The number of hydrogen-bond acceptors (Lipinski definition) is 4. The first kappa shape index (κ1) is 17.3. The van der Waals surface area contributed by atoms with Crippen LogP contribution < -0.4 is 0 Å².